The maximum Gasteiger partial charge on any atom is 0.270 e. The smallest absolute Gasteiger partial charge is 0.270 e. The molecule has 4 aromatic rings. The predicted molar refractivity (Wildman–Crippen MR) is 114 cm³/mol. The van der Waals surface area contributed by atoms with E-state index in [-0.39, 0.29) is 11.7 Å². The summed E-state index contributed by atoms with van der Waals surface area (Å²) in [5.74, 6) is 0.328. The van der Waals surface area contributed by atoms with Gasteiger partial charge in [0.15, 0.2) is 5.82 Å². The molecule has 0 atom stereocenters. The number of benzene rings is 2. The average Bonchev–Trinajstić information content (AvgIpc) is 3.23. The number of amides is 1. The van der Waals surface area contributed by atoms with Crippen molar-refractivity contribution >= 4 is 22.6 Å². The topological polar surface area (TPSA) is 65.1 Å². The number of carbonyl (C=O) groups is 1. The molecule has 1 aliphatic rings. The standard InChI is InChI=1S/C23H20FN5O/c24-18-6-8-19(9-7-18)28-10-12-29(13-11-28)23(30)20-14-17-15-25-21(27-22(17)26-20)16-4-2-1-3-5-16/h1-9,14-15H,10-13H2,(H,25,26,27). The number of halogens is 1. The maximum absolute atomic E-state index is 13.1. The molecule has 1 fully saturated rings. The molecule has 0 saturated carbocycles. The summed E-state index contributed by atoms with van der Waals surface area (Å²) in [6, 6.07) is 18.0. The SMILES string of the molecule is O=C(c1cc2cnc(-c3ccccc3)nc2[nH]1)N1CCN(c2ccc(F)cc2)CC1. The molecule has 30 heavy (non-hydrogen) atoms. The van der Waals surface area contributed by atoms with E-state index in [4.69, 9.17) is 0 Å². The molecule has 7 heteroatoms. The third-order valence-corrected chi connectivity index (χ3v) is 5.39. The fourth-order valence-corrected chi connectivity index (χ4v) is 3.75. The minimum atomic E-state index is -0.245. The van der Waals surface area contributed by atoms with Gasteiger partial charge in [-0.2, -0.15) is 0 Å². The fourth-order valence-electron chi connectivity index (χ4n) is 3.75. The number of hydrogen-bond donors (Lipinski definition) is 1. The number of nitrogens with one attached hydrogen (secondary N) is 1. The summed E-state index contributed by atoms with van der Waals surface area (Å²) >= 11 is 0. The van der Waals surface area contributed by atoms with Crippen molar-refractivity contribution < 1.29 is 9.18 Å². The highest BCUT2D eigenvalue weighted by molar-refractivity contribution is 5.97. The second-order valence-corrected chi connectivity index (χ2v) is 7.30. The lowest BCUT2D eigenvalue weighted by Gasteiger charge is -2.36. The normalized spacial score (nSPS) is 14.3. The van der Waals surface area contributed by atoms with Crippen LogP contribution in [0.2, 0.25) is 0 Å². The van der Waals surface area contributed by atoms with Crippen LogP contribution in [0, 0.1) is 5.82 Å². The monoisotopic (exact) mass is 401 g/mol. The largest absolute Gasteiger partial charge is 0.368 e. The first kappa shape index (κ1) is 18.3. The Morgan fingerprint density at radius 3 is 2.43 bits per heavy atom. The van der Waals surface area contributed by atoms with Crippen LogP contribution in [0.3, 0.4) is 0 Å². The Kier molecular flexibility index (Phi) is 4.63. The lowest BCUT2D eigenvalue weighted by atomic mass is 10.2. The van der Waals surface area contributed by atoms with Crippen LogP contribution in [0.5, 0.6) is 0 Å². The number of rotatable bonds is 3. The van der Waals surface area contributed by atoms with E-state index >= 15 is 0 Å². The van der Waals surface area contributed by atoms with Crippen LogP contribution in [0.25, 0.3) is 22.4 Å². The second kappa shape index (κ2) is 7.59. The summed E-state index contributed by atoms with van der Waals surface area (Å²) in [6.45, 7) is 2.62. The lowest BCUT2D eigenvalue weighted by molar-refractivity contribution is 0.0742. The third-order valence-electron chi connectivity index (χ3n) is 5.39. The van der Waals surface area contributed by atoms with Gasteiger partial charge in [0.25, 0.3) is 5.91 Å². The van der Waals surface area contributed by atoms with Gasteiger partial charge in [-0.25, -0.2) is 14.4 Å². The molecule has 5 rings (SSSR count). The van der Waals surface area contributed by atoms with Crippen molar-refractivity contribution in [2.24, 2.45) is 0 Å². The Bertz CT molecular complexity index is 1180. The Hall–Kier alpha value is -3.74. The van der Waals surface area contributed by atoms with Crippen molar-refractivity contribution in [3.8, 4) is 11.4 Å². The molecule has 6 nitrogen and oxygen atoms in total. The van der Waals surface area contributed by atoms with Crippen LogP contribution in [0.15, 0.2) is 66.9 Å². The summed E-state index contributed by atoms with van der Waals surface area (Å²) in [4.78, 5) is 29.1. The lowest BCUT2D eigenvalue weighted by Crippen LogP contribution is -2.48. The van der Waals surface area contributed by atoms with Gasteiger partial charge in [-0.3, -0.25) is 4.79 Å². The van der Waals surface area contributed by atoms with E-state index in [0.717, 1.165) is 16.6 Å². The highest BCUT2D eigenvalue weighted by atomic mass is 19.1. The number of fused-ring (bicyclic) bond motifs is 1. The Labute approximate surface area is 173 Å². The molecule has 150 valence electrons. The third kappa shape index (κ3) is 3.50. The molecular formula is C23H20FN5O. The number of aromatic nitrogens is 3. The summed E-state index contributed by atoms with van der Waals surface area (Å²) < 4.78 is 13.1. The van der Waals surface area contributed by atoms with Gasteiger partial charge in [-0.1, -0.05) is 30.3 Å². The molecular weight excluding hydrogens is 381 g/mol. The molecule has 2 aromatic heterocycles. The number of H-pyrrole nitrogens is 1. The van der Waals surface area contributed by atoms with Crippen LogP contribution in [-0.2, 0) is 0 Å². The van der Waals surface area contributed by atoms with E-state index in [1.54, 1.807) is 24.4 Å². The average molecular weight is 401 g/mol. The van der Waals surface area contributed by atoms with E-state index in [9.17, 15) is 9.18 Å². The van der Waals surface area contributed by atoms with Crippen molar-refractivity contribution in [2.45, 2.75) is 0 Å². The van der Waals surface area contributed by atoms with E-state index in [0.29, 0.717) is 43.3 Å². The number of anilines is 1. The maximum atomic E-state index is 13.1. The molecule has 0 unspecified atom stereocenters. The summed E-state index contributed by atoms with van der Waals surface area (Å²) in [5, 5.41) is 0.808. The molecule has 1 aliphatic heterocycles. The molecule has 1 N–H and O–H groups in total. The number of piperazine rings is 1. The van der Waals surface area contributed by atoms with Crippen molar-refractivity contribution in [1.82, 2.24) is 19.9 Å². The number of hydrogen-bond acceptors (Lipinski definition) is 4. The fraction of sp³-hybridized carbons (Fsp3) is 0.174. The molecule has 1 saturated heterocycles. The van der Waals surface area contributed by atoms with Gasteiger partial charge in [-0.05, 0) is 30.3 Å². The number of carbonyl (C=O) groups excluding carboxylic acids is 1. The molecule has 0 radical (unpaired) electrons. The van der Waals surface area contributed by atoms with Crippen molar-refractivity contribution in [2.75, 3.05) is 31.1 Å². The van der Waals surface area contributed by atoms with E-state index < -0.39 is 0 Å². The van der Waals surface area contributed by atoms with Crippen molar-refractivity contribution in [3.05, 3.63) is 78.4 Å². The molecule has 3 heterocycles. The van der Waals surface area contributed by atoms with Crippen LogP contribution in [-0.4, -0.2) is 51.9 Å². The first-order chi connectivity index (χ1) is 14.7. The highest BCUT2D eigenvalue weighted by Gasteiger charge is 2.24. The number of nitrogens with zero attached hydrogens (tertiary/aromatic N) is 4. The minimum Gasteiger partial charge on any atom is -0.368 e. The van der Waals surface area contributed by atoms with Crippen LogP contribution >= 0.6 is 0 Å². The molecule has 0 spiro atoms. The number of aromatic amines is 1. The van der Waals surface area contributed by atoms with Gasteiger partial charge >= 0.3 is 0 Å². The van der Waals surface area contributed by atoms with Gasteiger partial charge in [0, 0.05) is 49.0 Å². The quantitative estimate of drug-likeness (QED) is 0.568. The molecule has 2 aromatic carbocycles. The summed E-state index contributed by atoms with van der Waals surface area (Å²) in [6.07, 6.45) is 1.74. The molecule has 0 bridgehead atoms. The van der Waals surface area contributed by atoms with Gasteiger partial charge in [0.2, 0.25) is 0 Å². The van der Waals surface area contributed by atoms with Gasteiger partial charge < -0.3 is 14.8 Å². The van der Waals surface area contributed by atoms with Crippen LogP contribution < -0.4 is 4.90 Å². The van der Waals surface area contributed by atoms with E-state index in [1.165, 1.54) is 12.1 Å². The van der Waals surface area contributed by atoms with E-state index in [1.807, 2.05) is 35.2 Å². The highest BCUT2D eigenvalue weighted by Crippen LogP contribution is 2.21. The molecule has 1 amide bonds. The van der Waals surface area contributed by atoms with Crippen molar-refractivity contribution in [1.29, 1.82) is 0 Å². The zero-order chi connectivity index (χ0) is 20.5. The molecule has 0 aliphatic carbocycles. The van der Waals surface area contributed by atoms with Gasteiger partial charge in [-0.15, -0.1) is 0 Å². The predicted octanol–water partition coefficient (Wildman–Crippen LogP) is 3.73. The van der Waals surface area contributed by atoms with Crippen LogP contribution in [0.4, 0.5) is 10.1 Å². The zero-order valence-electron chi connectivity index (χ0n) is 16.3. The first-order valence-electron chi connectivity index (χ1n) is 9.88. The van der Waals surface area contributed by atoms with E-state index in [2.05, 4.69) is 19.9 Å². The Balaban J connectivity index is 1.31. The Morgan fingerprint density at radius 1 is 0.967 bits per heavy atom. The van der Waals surface area contributed by atoms with Crippen LogP contribution in [0.1, 0.15) is 10.5 Å². The minimum absolute atomic E-state index is 0.0481. The van der Waals surface area contributed by atoms with Crippen molar-refractivity contribution in [3.63, 3.8) is 0 Å². The summed E-state index contributed by atoms with van der Waals surface area (Å²) in [7, 11) is 0. The second-order valence-electron chi connectivity index (χ2n) is 7.30. The first-order valence-corrected chi connectivity index (χ1v) is 9.88. The zero-order valence-corrected chi connectivity index (χ0v) is 16.3. The Morgan fingerprint density at radius 2 is 1.70 bits per heavy atom. The van der Waals surface area contributed by atoms with Gasteiger partial charge in [0.05, 0.1) is 0 Å². The van der Waals surface area contributed by atoms with Gasteiger partial charge in [0.1, 0.15) is 17.2 Å². The summed E-state index contributed by atoms with van der Waals surface area (Å²) in [5.41, 5.74) is 3.06.